The number of aliphatic carboxylic acids is 1. The number of carbonyl (C=O) groups excluding carboxylic acids is 1. The zero-order valence-electron chi connectivity index (χ0n) is 10.9. The maximum absolute atomic E-state index is 13.4. The Hall–Kier alpha value is -1.95. The minimum atomic E-state index is -1.02. The summed E-state index contributed by atoms with van der Waals surface area (Å²) in [6.07, 6.45) is 0. The van der Waals surface area contributed by atoms with E-state index in [9.17, 15) is 14.0 Å². The van der Waals surface area contributed by atoms with Crippen LogP contribution in [0.2, 0.25) is 0 Å². The molecule has 5 nitrogen and oxygen atoms in total. The molecule has 6 heteroatoms. The lowest BCUT2D eigenvalue weighted by Crippen LogP contribution is -2.41. The zero-order valence-corrected chi connectivity index (χ0v) is 10.9. The van der Waals surface area contributed by atoms with Crippen molar-refractivity contribution in [2.75, 3.05) is 13.6 Å². The minimum absolute atomic E-state index is 0.0988. The normalized spacial score (nSPS) is 11.9. The third-order valence-electron chi connectivity index (χ3n) is 2.72. The highest BCUT2D eigenvalue weighted by Crippen LogP contribution is 2.08. The topological polar surface area (TPSA) is 69.6 Å². The molecule has 1 amide bonds. The van der Waals surface area contributed by atoms with E-state index in [1.54, 1.807) is 25.2 Å². The number of benzene rings is 1. The summed E-state index contributed by atoms with van der Waals surface area (Å²) in [5.74, 6) is -1.69. The third kappa shape index (κ3) is 4.67. The van der Waals surface area contributed by atoms with Gasteiger partial charge in [0.05, 0.1) is 6.54 Å². The molecule has 0 saturated heterocycles. The summed E-state index contributed by atoms with van der Waals surface area (Å²) in [6.45, 7) is 1.50. The molecule has 0 heterocycles. The quantitative estimate of drug-likeness (QED) is 0.802. The van der Waals surface area contributed by atoms with Gasteiger partial charge >= 0.3 is 5.97 Å². The van der Waals surface area contributed by atoms with E-state index in [0.717, 1.165) is 0 Å². The molecule has 0 bridgehead atoms. The van der Waals surface area contributed by atoms with Crippen LogP contribution in [0.15, 0.2) is 24.3 Å². The number of nitrogens with zero attached hydrogens (tertiary/aromatic N) is 1. The van der Waals surface area contributed by atoms with E-state index in [4.69, 9.17) is 5.11 Å². The first-order valence-electron chi connectivity index (χ1n) is 5.85. The number of nitrogens with one attached hydrogen (secondary N) is 1. The molecule has 0 radical (unpaired) electrons. The highest BCUT2D eigenvalue weighted by atomic mass is 19.1. The zero-order chi connectivity index (χ0) is 14.4. The van der Waals surface area contributed by atoms with Crippen molar-refractivity contribution in [1.29, 1.82) is 0 Å². The van der Waals surface area contributed by atoms with Crippen LogP contribution in [-0.4, -0.2) is 41.5 Å². The largest absolute Gasteiger partial charge is 0.480 e. The van der Waals surface area contributed by atoms with Crippen LogP contribution in [0.3, 0.4) is 0 Å². The van der Waals surface area contributed by atoms with E-state index in [0.29, 0.717) is 5.56 Å². The van der Waals surface area contributed by atoms with Crippen LogP contribution in [0.5, 0.6) is 0 Å². The number of rotatable bonds is 6. The second kappa shape index (κ2) is 6.84. The summed E-state index contributed by atoms with van der Waals surface area (Å²) in [5, 5.41) is 11.2. The van der Waals surface area contributed by atoms with E-state index in [1.807, 2.05) is 0 Å². The lowest BCUT2D eigenvalue weighted by molar-refractivity contribution is -0.139. The molecule has 0 fully saturated rings. The molecular formula is C13H17FN2O3. The molecule has 0 spiro atoms. The Kier molecular flexibility index (Phi) is 5.44. The molecule has 0 saturated carbocycles. The molecule has 0 aliphatic rings. The number of carboxylic acid groups (broad SMARTS) is 1. The van der Waals surface area contributed by atoms with Gasteiger partial charge in [0.1, 0.15) is 11.9 Å². The lowest BCUT2D eigenvalue weighted by atomic mass is 10.2. The SMILES string of the molecule is CC(NCC(=O)N(C)Cc1ccccc1F)C(=O)O. The molecule has 0 aromatic heterocycles. The second-order valence-corrected chi connectivity index (χ2v) is 4.28. The fourth-order valence-corrected chi connectivity index (χ4v) is 1.43. The Bertz CT molecular complexity index is 465. The maximum Gasteiger partial charge on any atom is 0.320 e. The van der Waals surface area contributed by atoms with Gasteiger partial charge in [0, 0.05) is 19.2 Å². The van der Waals surface area contributed by atoms with Crippen LogP contribution in [0.4, 0.5) is 4.39 Å². The third-order valence-corrected chi connectivity index (χ3v) is 2.72. The Morgan fingerprint density at radius 3 is 2.63 bits per heavy atom. The number of hydrogen-bond acceptors (Lipinski definition) is 3. The van der Waals surface area contributed by atoms with Gasteiger partial charge in [-0.15, -0.1) is 0 Å². The van der Waals surface area contributed by atoms with Crippen LogP contribution in [0.1, 0.15) is 12.5 Å². The Balaban J connectivity index is 2.50. The second-order valence-electron chi connectivity index (χ2n) is 4.28. The van der Waals surface area contributed by atoms with Crippen molar-refractivity contribution in [3.8, 4) is 0 Å². The Morgan fingerprint density at radius 2 is 2.05 bits per heavy atom. The first kappa shape index (κ1) is 15.1. The molecule has 2 N–H and O–H groups in total. The van der Waals surface area contributed by atoms with E-state index in [-0.39, 0.29) is 24.8 Å². The number of carbonyl (C=O) groups is 2. The molecule has 1 aromatic rings. The number of carboxylic acids is 1. The van der Waals surface area contributed by atoms with Crippen LogP contribution < -0.4 is 5.32 Å². The molecule has 0 aliphatic carbocycles. The number of hydrogen-bond donors (Lipinski definition) is 2. The Labute approximate surface area is 111 Å². The van der Waals surface area contributed by atoms with Crippen molar-refractivity contribution < 1.29 is 19.1 Å². The fourth-order valence-electron chi connectivity index (χ4n) is 1.43. The standard InChI is InChI=1S/C13H17FN2O3/c1-9(13(18)19)15-7-12(17)16(2)8-10-5-3-4-6-11(10)14/h3-6,9,15H,7-8H2,1-2H3,(H,18,19). The van der Waals surface area contributed by atoms with Gasteiger partial charge in [-0.3, -0.25) is 14.9 Å². The molecule has 1 rings (SSSR count). The van der Waals surface area contributed by atoms with Crippen LogP contribution in [0, 0.1) is 5.82 Å². The van der Waals surface area contributed by atoms with E-state index in [2.05, 4.69) is 5.32 Å². The lowest BCUT2D eigenvalue weighted by Gasteiger charge is -2.18. The van der Waals surface area contributed by atoms with Crippen LogP contribution >= 0.6 is 0 Å². The summed E-state index contributed by atoms with van der Waals surface area (Å²) < 4.78 is 13.4. The van der Waals surface area contributed by atoms with E-state index < -0.39 is 12.0 Å². The van der Waals surface area contributed by atoms with Gasteiger partial charge in [-0.2, -0.15) is 0 Å². The van der Waals surface area contributed by atoms with Crippen molar-refractivity contribution in [2.45, 2.75) is 19.5 Å². The summed E-state index contributed by atoms with van der Waals surface area (Å²) in [7, 11) is 1.54. The van der Waals surface area contributed by atoms with Crippen molar-refractivity contribution in [3.05, 3.63) is 35.6 Å². The van der Waals surface area contributed by atoms with Gasteiger partial charge < -0.3 is 10.0 Å². The molecule has 1 atom stereocenters. The summed E-state index contributed by atoms with van der Waals surface area (Å²) in [6, 6.07) is 5.41. The fraction of sp³-hybridized carbons (Fsp3) is 0.385. The smallest absolute Gasteiger partial charge is 0.320 e. The molecule has 19 heavy (non-hydrogen) atoms. The summed E-state index contributed by atoms with van der Waals surface area (Å²) >= 11 is 0. The van der Waals surface area contributed by atoms with Gasteiger partial charge in [-0.1, -0.05) is 18.2 Å². The summed E-state index contributed by atoms with van der Waals surface area (Å²) in [4.78, 5) is 23.7. The highest BCUT2D eigenvalue weighted by molar-refractivity contribution is 5.79. The van der Waals surface area contributed by atoms with Gasteiger partial charge in [-0.25, -0.2) is 4.39 Å². The van der Waals surface area contributed by atoms with Gasteiger partial charge in [-0.05, 0) is 13.0 Å². The monoisotopic (exact) mass is 268 g/mol. The first-order valence-corrected chi connectivity index (χ1v) is 5.85. The Morgan fingerprint density at radius 1 is 1.42 bits per heavy atom. The predicted molar refractivity (Wildman–Crippen MR) is 68.0 cm³/mol. The van der Waals surface area contributed by atoms with Gasteiger partial charge in [0.2, 0.25) is 5.91 Å². The molecule has 0 aliphatic heterocycles. The van der Waals surface area contributed by atoms with E-state index >= 15 is 0 Å². The first-order chi connectivity index (χ1) is 8.91. The minimum Gasteiger partial charge on any atom is -0.480 e. The summed E-state index contributed by atoms with van der Waals surface area (Å²) in [5.41, 5.74) is 0.421. The van der Waals surface area contributed by atoms with Crippen LogP contribution in [-0.2, 0) is 16.1 Å². The average Bonchev–Trinajstić information content (AvgIpc) is 2.37. The number of amides is 1. The van der Waals surface area contributed by atoms with Crippen LogP contribution in [0.25, 0.3) is 0 Å². The van der Waals surface area contributed by atoms with Crippen molar-refractivity contribution >= 4 is 11.9 Å². The number of likely N-dealkylation sites (N-methyl/N-ethyl adjacent to an activating group) is 1. The predicted octanol–water partition coefficient (Wildman–Crippen LogP) is 0.847. The maximum atomic E-state index is 13.4. The van der Waals surface area contributed by atoms with Crippen molar-refractivity contribution in [1.82, 2.24) is 10.2 Å². The van der Waals surface area contributed by atoms with E-state index in [1.165, 1.54) is 17.9 Å². The molecule has 1 unspecified atom stereocenters. The van der Waals surface area contributed by atoms with Gasteiger partial charge in [0.15, 0.2) is 0 Å². The molecule has 1 aromatic carbocycles. The van der Waals surface area contributed by atoms with Gasteiger partial charge in [0.25, 0.3) is 0 Å². The van der Waals surface area contributed by atoms with Crippen molar-refractivity contribution in [2.24, 2.45) is 0 Å². The van der Waals surface area contributed by atoms with Crippen molar-refractivity contribution in [3.63, 3.8) is 0 Å². The average molecular weight is 268 g/mol. The molecular weight excluding hydrogens is 251 g/mol. The number of halogens is 1. The highest BCUT2D eigenvalue weighted by Gasteiger charge is 2.15. The molecule has 104 valence electrons.